The van der Waals surface area contributed by atoms with Gasteiger partial charge in [0.25, 0.3) is 11.7 Å². The first kappa shape index (κ1) is 20.1. The van der Waals surface area contributed by atoms with Gasteiger partial charge in [-0.2, -0.15) is 0 Å². The van der Waals surface area contributed by atoms with Crippen LogP contribution >= 0.6 is 11.6 Å². The predicted octanol–water partition coefficient (Wildman–Crippen LogP) is 3.36. The maximum atomic E-state index is 13.0. The topological polar surface area (TPSA) is 84.1 Å². The molecule has 1 aliphatic rings. The van der Waals surface area contributed by atoms with E-state index in [1.165, 1.54) is 12.0 Å². The molecular weight excluding hydrogens is 406 g/mol. The van der Waals surface area contributed by atoms with E-state index in [0.29, 0.717) is 27.6 Å². The molecule has 1 N–H and O–H groups in total. The smallest absolute Gasteiger partial charge is 0.295 e. The van der Waals surface area contributed by atoms with Crippen molar-refractivity contribution in [2.75, 3.05) is 20.3 Å². The number of halogens is 1. The molecule has 1 aromatic carbocycles. The number of nitrogens with zero attached hydrogens (tertiary/aromatic N) is 3. The Morgan fingerprint density at radius 1 is 1.20 bits per heavy atom. The fourth-order valence-corrected chi connectivity index (χ4v) is 3.94. The van der Waals surface area contributed by atoms with Crippen LogP contribution in [0, 0.1) is 6.92 Å². The third-order valence-corrected chi connectivity index (χ3v) is 5.44. The standard InChI is InChI=1S/C22H20ClN3O4/c1-13-18(25-10-4-3-5-16(25)24-13)20(27)17-19(14-6-8-15(23)9-7-14)26(11-12-30-2)22(29)21(17)28/h3-10,19,27H,11-12H2,1-2H3. The van der Waals surface area contributed by atoms with Gasteiger partial charge in [0.05, 0.1) is 23.9 Å². The lowest BCUT2D eigenvalue weighted by atomic mass is 9.96. The van der Waals surface area contributed by atoms with Gasteiger partial charge in [0.1, 0.15) is 11.3 Å². The number of likely N-dealkylation sites (tertiary alicyclic amines) is 1. The molecule has 1 amide bonds. The number of ketones is 1. The number of aliphatic hydroxyl groups excluding tert-OH is 1. The Kier molecular flexibility index (Phi) is 5.32. The summed E-state index contributed by atoms with van der Waals surface area (Å²) in [4.78, 5) is 31.7. The fourth-order valence-electron chi connectivity index (χ4n) is 3.82. The van der Waals surface area contributed by atoms with Gasteiger partial charge in [-0.05, 0) is 36.8 Å². The molecule has 4 rings (SSSR count). The zero-order chi connectivity index (χ0) is 21.4. The lowest BCUT2D eigenvalue weighted by molar-refractivity contribution is -0.140. The van der Waals surface area contributed by atoms with Crippen molar-refractivity contribution in [2.45, 2.75) is 13.0 Å². The number of aryl methyl sites for hydroxylation is 1. The molecule has 3 aromatic rings. The van der Waals surface area contributed by atoms with E-state index in [2.05, 4.69) is 4.98 Å². The second-order valence-corrected chi connectivity index (χ2v) is 7.45. The normalized spacial score (nSPS) is 18.5. The Morgan fingerprint density at radius 2 is 1.93 bits per heavy atom. The molecule has 1 fully saturated rings. The van der Waals surface area contributed by atoms with Crippen LogP contribution in [0.5, 0.6) is 0 Å². The lowest BCUT2D eigenvalue weighted by Gasteiger charge is -2.25. The molecule has 0 aliphatic carbocycles. The second kappa shape index (κ2) is 7.93. The summed E-state index contributed by atoms with van der Waals surface area (Å²) in [6.07, 6.45) is 1.75. The molecule has 8 heteroatoms. The molecule has 0 radical (unpaired) electrons. The van der Waals surface area contributed by atoms with Crippen LogP contribution in [0.2, 0.25) is 5.02 Å². The van der Waals surface area contributed by atoms with Crippen molar-refractivity contribution >= 4 is 34.7 Å². The third kappa shape index (κ3) is 3.26. The van der Waals surface area contributed by atoms with Crippen LogP contribution in [-0.4, -0.2) is 51.3 Å². The fraction of sp³-hybridized carbons (Fsp3) is 0.227. The minimum Gasteiger partial charge on any atom is -0.505 e. The summed E-state index contributed by atoms with van der Waals surface area (Å²) in [5.41, 5.74) is 2.26. The molecule has 2 aromatic heterocycles. The van der Waals surface area contributed by atoms with Gasteiger partial charge >= 0.3 is 0 Å². The number of amides is 1. The maximum absolute atomic E-state index is 13.0. The highest BCUT2D eigenvalue weighted by Gasteiger charge is 2.46. The van der Waals surface area contributed by atoms with Crippen LogP contribution < -0.4 is 0 Å². The Balaban J connectivity index is 1.94. The van der Waals surface area contributed by atoms with Crippen LogP contribution in [0.25, 0.3) is 11.4 Å². The van der Waals surface area contributed by atoms with Crippen LogP contribution in [0.1, 0.15) is 23.0 Å². The quantitative estimate of drug-likeness (QED) is 0.385. The summed E-state index contributed by atoms with van der Waals surface area (Å²) in [6.45, 7) is 2.21. The summed E-state index contributed by atoms with van der Waals surface area (Å²) in [6, 6.07) is 11.5. The van der Waals surface area contributed by atoms with E-state index in [-0.39, 0.29) is 24.5 Å². The molecular formula is C22H20ClN3O4. The van der Waals surface area contributed by atoms with Gasteiger partial charge < -0.3 is 14.7 Å². The largest absolute Gasteiger partial charge is 0.505 e. The zero-order valence-corrected chi connectivity index (χ0v) is 17.3. The molecule has 1 unspecified atom stereocenters. The van der Waals surface area contributed by atoms with Crippen molar-refractivity contribution in [3.05, 3.63) is 76.2 Å². The van der Waals surface area contributed by atoms with Crippen molar-refractivity contribution in [1.82, 2.24) is 14.3 Å². The highest BCUT2D eigenvalue weighted by atomic mass is 35.5. The molecule has 0 spiro atoms. The van der Waals surface area contributed by atoms with Crippen LogP contribution in [0.15, 0.2) is 54.2 Å². The molecule has 1 atom stereocenters. The molecule has 0 saturated carbocycles. The van der Waals surface area contributed by atoms with Gasteiger partial charge in [-0.25, -0.2) is 4.98 Å². The van der Waals surface area contributed by atoms with E-state index in [1.807, 2.05) is 6.07 Å². The highest BCUT2D eigenvalue weighted by molar-refractivity contribution is 6.46. The Hall–Kier alpha value is -3.16. The second-order valence-electron chi connectivity index (χ2n) is 7.01. The number of hydrogen-bond acceptors (Lipinski definition) is 5. The number of methoxy groups -OCH3 is 1. The molecule has 1 saturated heterocycles. The number of aromatic nitrogens is 2. The molecule has 30 heavy (non-hydrogen) atoms. The average molecular weight is 426 g/mol. The van der Waals surface area contributed by atoms with Crippen molar-refractivity contribution in [3.63, 3.8) is 0 Å². The minimum absolute atomic E-state index is 0.0205. The number of rotatable bonds is 5. The number of fused-ring (bicyclic) bond motifs is 1. The van der Waals surface area contributed by atoms with Crippen molar-refractivity contribution < 1.29 is 19.4 Å². The monoisotopic (exact) mass is 425 g/mol. The number of carbonyl (C=O) groups excluding carboxylic acids is 2. The van der Waals surface area contributed by atoms with Gasteiger partial charge in [0.2, 0.25) is 0 Å². The zero-order valence-electron chi connectivity index (χ0n) is 16.5. The van der Waals surface area contributed by atoms with Crippen molar-refractivity contribution in [3.8, 4) is 0 Å². The summed E-state index contributed by atoms with van der Waals surface area (Å²) >= 11 is 6.02. The number of hydrogen-bond donors (Lipinski definition) is 1. The number of pyridine rings is 1. The van der Waals surface area contributed by atoms with Crippen molar-refractivity contribution in [1.29, 1.82) is 0 Å². The highest BCUT2D eigenvalue weighted by Crippen LogP contribution is 2.40. The van der Waals surface area contributed by atoms with E-state index in [0.717, 1.165) is 0 Å². The average Bonchev–Trinajstić information content (AvgIpc) is 3.20. The summed E-state index contributed by atoms with van der Waals surface area (Å²) in [7, 11) is 1.52. The maximum Gasteiger partial charge on any atom is 0.295 e. The van der Waals surface area contributed by atoms with E-state index >= 15 is 0 Å². The first-order valence-electron chi connectivity index (χ1n) is 9.41. The predicted molar refractivity (Wildman–Crippen MR) is 112 cm³/mol. The summed E-state index contributed by atoms with van der Waals surface area (Å²) < 4.78 is 6.82. The van der Waals surface area contributed by atoms with Gasteiger partial charge in [-0.15, -0.1) is 0 Å². The third-order valence-electron chi connectivity index (χ3n) is 5.19. The van der Waals surface area contributed by atoms with Gasteiger partial charge in [0.15, 0.2) is 5.76 Å². The molecule has 154 valence electrons. The van der Waals surface area contributed by atoms with E-state index in [4.69, 9.17) is 16.3 Å². The van der Waals surface area contributed by atoms with Crippen molar-refractivity contribution in [2.24, 2.45) is 0 Å². The number of Topliss-reactive ketones (excluding diaryl/α,β-unsaturated/α-hetero) is 1. The first-order chi connectivity index (χ1) is 14.4. The molecule has 1 aliphatic heterocycles. The molecule has 0 bridgehead atoms. The van der Waals surface area contributed by atoms with Crippen LogP contribution in [0.4, 0.5) is 0 Å². The van der Waals surface area contributed by atoms with Crippen LogP contribution in [0.3, 0.4) is 0 Å². The molecule has 3 heterocycles. The Bertz CT molecular complexity index is 1170. The SMILES string of the molecule is COCCN1C(=O)C(=O)C(=C(O)c2c(C)nc3ccccn23)C1c1ccc(Cl)cc1. The Labute approximate surface area is 178 Å². The minimum atomic E-state index is -0.758. The van der Waals surface area contributed by atoms with Gasteiger partial charge in [0, 0.05) is 24.9 Å². The van der Waals surface area contributed by atoms with Gasteiger partial charge in [-0.1, -0.05) is 29.8 Å². The number of imidazole rings is 1. The summed E-state index contributed by atoms with van der Waals surface area (Å²) in [5, 5.41) is 11.8. The number of carbonyl (C=O) groups is 2. The number of aliphatic hydroxyl groups is 1. The molecule has 7 nitrogen and oxygen atoms in total. The Morgan fingerprint density at radius 3 is 2.63 bits per heavy atom. The number of benzene rings is 1. The summed E-state index contributed by atoms with van der Waals surface area (Å²) in [5.74, 6) is -1.68. The van der Waals surface area contributed by atoms with Gasteiger partial charge in [-0.3, -0.25) is 14.0 Å². The lowest BCUT2D eigenvalue weighted by Crippen LogP contribution is -2.32. The number of ether oxygens (including phenoxy) is 1. The van der Waals surface area contributed by atoms with Crippen LogP contribution in [-0.2, 0) is 14.3 Å². The first-order valence-corrected chi connectivity index (χ1v) is 9.78. The van der Waals surface area contributed by atoms with E-state index < -0.39 is 17.7 Å². The van der Waals surface area contributed by atoms with E-state index in [1.54, 1.807) is 53.9 Å². The van der Waals surface area contributed by atoms with E-state index in [9.17, 15) is 14.7 Å².